The molecule has 1 rings (SSSR count). The topological polar surface area (TPSA) is 24.1 Å². The zero-order chi connectivity index (χ0) is 9.68. The SMILES string of the molecule is C=C(NC1=CCCC=C1)NC(C)C. The highest BCUT2D eigenvalue weighted by Gasteiger charge is 1.99. The van der Waals surface area contributed by atoms with Gasteiger partial charge in [0.15, 0.2) is 0 Å². The molecule has 0 aromatic heterocycles. The van der Waals surface area contributed by atoms with E-state index in [4.69, 9.17) is 0 Å². The Morgan fingerprint density at radius 1 is 1.46 bits per heavy atom. The molecule has 0 saturated heterocycles. The predicted octanol–water partition coefficient (Wildman–Crippen LogP) is 2.28. The fourth-order valence-electron chi connectivity index (χ4n) is 1.26. The van der Waals surface area contributed by atoms with Gasteiger partial charge in [-0.1, -0.05) is 18.7 Å². The van der Waals surface area contributed by atoms with Gasteiger partial charge in [-0.25, -0.2) is 0 Å². The molecule has 0 aromatic rings. The van der Waals surface area contributed by atoms with Gasteiger partial charge in [-0.05, 0) is 32.8 Å². The van der Waals surface area contributed by atoms with Gasteiger partial charge in [0, 0.05) is 11.7 Å². The molecular formula is C11H18N2. The molecule has 2 N–H and O–H groups in total. The Labute approximate surface area is 80.4 Å². The van der Waals surface area contributed by atoms with Crippen LogP contribution in [0.5, 0.6) is 0 Å². The summed E-state index contributed by atoms with van der Waals surface area (Å²) in [6, 6.07) is 0.424. The summed E-state index contributed by atoms with van der Waals surface area (Å²) in [5.41, 5.74) is 1.14. The molecule has 1 aliphatic carbocycles. The summed E-state index contributed by atoms with van der Waals surface area (Å²) in [5.74, 6) is 0.868. The van der Waals surface area contributed by atoms with Crippen molar-refractivity contribution in [1.29, 1.82) is 0 Å². The molecule has 0 saturated carbocycles. The van der Waals surface area contributed by atoms with Crippen LogP contribution in [0, 0.1) is 0 Å². The third kappa shape index (κ3) is 3.83. The van der Waals surface area contributed by atoms with Crippen molar-refractivity contribution in [3.05, 3.63) is 36.3 Å². The van der Waals surface area contributed by atoms with Gasteiger partial charge >= 0.3 is 0 Å². The van der Waals surface area contributed by atoms with E-state index >= 15 is 0 Å². The monoisotopic (exact) mass is 178 g/mol. The second kappa shape index (κ2) is 4.75. The van der Waals surface area contributed by atoms with Gasteiger partial charge in [-0.3, -0.25) is 0 Å². The van der Waals surface area contributed by atoms with E-state index in [1.54, 1.807) is 0 Å². The van der Waals surface area contributed by atoms with Gasteiger partial charge < -0.3 is 10.6 Å². The fraction of sp³-hybridized carbons (Fsp3) is 0.455. The summed E-state index contributed by atoms with van der Waals surface area (Å²) in [6.45, 7) is 8.08. The number of allylic oxidation sites excluding steroid dienone is 3. The van der Waals surface area contributed by atoms with Crippen molar-refractivity contribution in [2.75, 3.05) is 0 Å². The maximum absolute atomic E-state index is 3.89. The molecule has 0 heterocycles. The fourth-order valence-corrected chi connectivity index (χ4v) is 1.26. The first-order chi connectivity index (χ1) is 6.18. The van der Waals surface area contributed by atoms with Crippen LogP contribution in [0.4, 0.5) is 0 Å². The lowest BCUT2D eigenvalue weighted by molar-refractivity contribution is 0.637. The van der Waals surface area contributed by atoms with Crippen molar-refractivity contribution < 1.29 is 0 Å². The second-order valence-electron chi connectivity index (χ2n) is 3.54. The van der Waals surface area contributed by atoms with E-state index in [0.717, 1.165) is 24.4 Å². The third-order valence-electron chi connectivity index (χ3n) is 1.75. The van der Waals surface area contributed by atoms with Crippen LogP contribution >= 0.6 is 0 Å². The van der Waals surface area contributed by atoms with E-state index in [0.29, 0.717) is 6.04 Å². The van der Waals surface area contributed by atoms with Gasteiger partial charge in [-0.2, -0.15) is 0 Å². The highest BCUT2D eigenvalue weighted by Crippen LogP contribution is 2.07. The minimum atomic E-state index is 0.424. The van der Waals surface area contributed by atoms with Crippen LogP contribution in [-0.4, -0.2) is 6.04 Å². The van der Waals surface area contributed by atoms with Crippen LogP contribution < -0.4 is 10.6 Å². The first-order valence-corrected chi connectivity index (χ1v) is 4.77. The third-order valence-corrected chi connectivity index (χ3v) is 1.75. The largest absolute Gasteiger partial charge is 0.370 e. The zero-order valence-corrected chi connectivity index (χ0v) is 8.43. The second-order valence-corrected chi connectivity index (χ2v) is 3.54. The standard InChI is InChI=1S/C11H18N2/c1-9(2)12-10(3)13-11-7-5-4-6-8-11/h5,7-9,12-13H,3-4,6H2,1-2H3. The summed E-state index contributed by atoms with van der Waals surface area (Å²) >= 11 is 0. The number of nitrogens with one attached hydrogen (secondary N) is 2. The molecule has 0 spiro atoms. The molecular weight excluding hydrogens is 160 g/mol. The number of rotatable bonds is 4. The van der Waals surface area contributed by atoms with Crippen molar-refractivity contribution in [3.8, 4) is 0 Å². The highest BCUT2D eigenvalue weighted by molar-refractivity contribution is 5.23. The lowest BCUT2D eigenvalue weighted by Gasteiger charge is -2.16. The van der Waals surface area contributed by atoms with Crippen LogP contribution in [0.15, 0.2) is 36.3 Å². The molecule has 2 nitrogen and oxygen atoms in total. The Balaban J connectivity index is 2.35. The van der Waals surface area contributed by atoms with Crippen LogP contribution in [0.3, 0.4) is 0 Å². The quantitative estimate of drug-likeness (QED) is 0.690. The van der Waals surface area contributed by atoms with Crippen molar-refractivity contribution in [3.63, 3.8) is 0 Å². The van der Waals surface area contributed by atoms with Crippen LogP contribution in [0.2, 0.25) is 0 Å². The van der Waals surface area contributed by atoms with Gasteiger partial charge in [-0.15, -0.1) is 0 Å². The normalized spacial score (nSPS) is 15.5. The molecule has 72 valence electrons. The minimum absolute atomic E-state index is 0.424. The average molecular weight is 178 g/mol. The lowest BCUT2D eigenvalue weighted by Crippen LogP contribution is -2.29. The first kappa shape index (κ1) is 9.90. The Morgan fingerprint density at radius 3 is 2.77 bits per heavy atom. The molecule has 0 unspecified atom stereocenters. The summed E-state index contributed by atoms with van der Waals surface area (Å²) < 4.78 is 0. The predicted molar refractivity (Wildman–Crippen MR) is 57.0 cm³/mol. The van der Waals surface area contributed by atoms with E-state index in [1.165, 1.54) is 0 Å². The molecule has 13 heavy (non-hydrogen) atoms. The summed E-state index contributed by atoms with van der Waals surface area (Å²) in [4.78, 5) is 0. The van der Waals surface area contributed by atoms with Gasteiger partial charge in [0.05, 0.1) is 5.82 Å². The molecule has 0 aliphatic heterocycles. The maximum Gasteiger partial charge on any atom is 0.0958 e. The smallest absolute Gasteiger partial charge is 0.0958 e. The molecule has 1 aliphatic rings. The maximum atomic E-state index is 3.89. The van der Waals surface area contributed by atoms with Crippen LogP contribution in [0.25, 0.3) is 0 Å². The molecule has 2 heteroatoms. The Hall–Kier alpha value is -1.18. The molecule has 0 fully saturated rings. The molecule has 0 bridgehead atoms. The Kier molecular flexibility index (Phi) is 3.62. The van der Waals surface area contributed by atoms with Crippen LogP contribution in [-0.2, 0) is 0 Å². The minimum Gasteiger partial charge on any atom is -0.370 e. The Morgan fingerprint density at radius 2 is 2.23 bits per heavy atom. The summed E-state index contributed by atoms with van der Waals surface area (Å²) in [5, 5.41) is 6.43. The summed E-state index contributed by atoms with van der Waals surface area (Å²) in [7, 11) is 0. The zero-order valence-electron chi connectivity index (χ0n) is 8.43. The van der Waals surface area contributed by atoms with Crippen LogP contribution in [0.1, 0.15) is 26.7 Å². The van der Waals surface area contributed by atoms with E-state index in [1.807, 2.05) is 0 Å². The van der Waals surface area contributed by atoms with Gasteiger partial charge in [0.2, 0.25) is 0 Å². The van der Waals surface area contributed by atoms with Crippen molar-refractivity contribution in [2.24, 2.45) is 0 Å². The number of hydrogen-bond acceptors (Lipinski definition) is 2. The van der Waals surface area contributed by atoms with E-state index in [9.17, 15) is 0 Å². The van der Waals surface area contributed by atoms with E-state index in [2.05, 4.69) is 49.3 Å². The molecule has 0 amide bonds. The summed E-state index contributed by atoms with van der Waals surface area (Å²) in [6.07, 6.45) is 8.72. The van der Waals surface area contributed by atoms with E-state index in [-0.39, 0.29) is 0 Å². The molecule has 0 atom stereocenters. The van der Waals surface area contributed by atoms with Crippen molar-refractivity contribution >= 4 is 0 Å². The molecule has 0 aromatic carbocycles. The highest BCUT2D eigenvalue weighted by atomic mass is 15.1. The first-order valence-electron chi connectivity index (χ1n) is 4.77. The van der Waals surface area contributed by atoms with Gasteiger partial charge in [0.1, 0.15) is 0 Å². The average Bonchev–Trinajstić information content (AvgIpc) is 2.04. The number of hydrogen-bond donors (Lipinski definition) is 2. The van der Waals surface area contributed by atoms with Crippen molar-refractivity contribution in [1.82, 2.24) is 10.6 Å². The van der Waals surface area contributed by atoms with Crippen molar-refractivity contribution in [2.45, 2.75) is 32.7 Å². The van der Waals surface area contributed by atoms with E-state index < -0.39 is 0 Å². The molecule has 0 radical (unpaired) electrons. The Bertz CT molecular complexity index is 236. The lowest BCUT2D eigenvalue weighted by atomic mass is 10.1. The van der Waals surface area contributed by atoms with Gasteiger partial charge in [0.25, 0.3) is 0 Å².